The molecule has 0 fully saturated rings. The summed E-state index contributed by atoms with van der Waals surface area (Å²) < 4.78 is 0. The molecule has 0 unspecified atom stereocenters. The smallest absolute Gasteiger partial charge is 0.245 e. The van der Waals surface area contributed by atoms with E-state index in [9.17, 15) is 19.2 Å². The van der Waals surface area contributed by atoms with Gasteiger partial charge in [-0.05, 0) is 75.6 Å². The van der Waals surface area contributed by atoms with Crippen LogP contribution in [0.15, 0.2) is 65.7 Å². The standard InChI is InChI=1S/C34H53N9O4/c1-43(24-26-15-6-3-7-16-26)33(47)29(19-12-22-39-34(37)38)42-32(46)28(18-9-11-21-36)41-31(45)27(17-8-10-20-35)40-30(44)23-25-13-4-2-5-14-25/h2-7,13-16,27-29H,8-12,17-24,35-36H2,1H3,(H,40,44)(H,41,45)(H,42,46)(H4,37,38,39)/t27-,28-,29-/m0/s1. The molecule has 258 valence electrons. The van der Waals surface area contributed by atoms with Gasteiger partial charge in [0, 0.05) is 20.1 Å². The number of aliphatic imine (C=N–C) groups is 1. The van der Waals surface area contributed by atoms with Crippen LogP contribution in [0.3, 0.4) is 0 Å². The van der Waals surface area contributed by atoms with Gasteiger partial charge in [-0.1, -0.05) is 60.7 Å². The summed E-state index contributed by atoms with van der Waals surface area (Å²) in [6.07, 6.45) is 4.01. The van der Waals surface area contributed by atoms with Crippen molar-refractivity contribution >= 4 is 29.6 Å². The summed E-state index contributed by atoms with van der Waals surface area (Å²) >= 11 is 0. The minimum atomic E-state index is -0.954. The van der Waals surface area contributed by atoms with Crippen molar-refractivity contribution in [1.82, 2.24) is 20.9 Å². The van der Waals surface area contributed by atoms with E-state index in [4.69, 9.17) is 22.9 Å². The maximum Gasteiger partial charge on any atom is 0.245 e. The Balaban J connectivity index is 2.21. The summed E-state index contributed by atoms with van der Waals surface area (Å²) in [5.74, 6) is -1.63. The highest BCUT2D eigenvalue weighted by Crippen LogP contribution is 2.11. The Hall–Kier alpha value is -4.49. The number of benzene rings is 2. The van der Waals surface area contributed by atoms with Gasteiger partial charge >= 0.3 is 0 Å². The SMILES string of the molecule is CN(Cc1ccccc1)C(=O)[C@H](CCCN=C(N)N)NC(=O)[C@H](CCCCN)NC(=O)[C@H](CCCCN)NC(=O)Cc1ccccc1. The van der Waals surface area contributed by atoms with Crippen LogP contribution in [-0.4, -0.2) is 79.3 Å². The van der Waals surface area contributed by atoms with E-state index >= 15 is 0 Å². The highest BCUT2D eigenvalue weighted by Gasteiger charge is 2.30. The number of nitrogens with two attached hydrogens (primary N) is 4. The molecule has 0 heterocycles. The first-order valence-corrected chi connectivity index (χ1v) is 16.3. The van der Waals surface area contributed by atoms with Crippen molar-refractivity contribution in [1.29, 1.82) is 0 Å². The Labute approximate surface area is 278 Å². The van der Waals surface area contributed by atoms with E-state index in [0.29, 0.717) is 64.6 Å². The lowest BCUT2D eigenvalue weighted by Crippen LogP contribution is -2.56. The molecule has 2 rings (SSSR count). The van der Waals surface area contributed by atoms with Gasteiger partial charge in [-0.15, -0.1) is 0 Å². The van der Waals surface area contributed by atoms with Gasteiger partial charge in [0.25, 0.3) is 0 Å². The number of guanidine groups is 1. The van der Waals surface area contributed by atoms with Crippen LogP contribution in [0.4, 0.5) is 0 Å². The molecule has 11 N–H and O–H groups in total. The van der Waals surface area contributed by atoms with Gasteiger partial charge in [-0.25, -0.2) is 0 Å². The van der Waals surface area contributed by atoms with E-state index in [2.05, 4.69) is 20.9 Å². The van der Waals surface area contributed by atoms with Gasteiger partial charge in [-0.2, -0.15) is 0 Å². The fourth-order valence-electron chi connectivity index (χ4n) is 5.06. The van der Waals surface area contributed by atoms with Crippen LogP contribution in [0.1, 0.15) is 62.5 Å². The summed E-state index contributed by atoms with van der Waals surface area (Å²) in [6, 6.07) is 16.1. The molecule has 13 heteroatoms. The molecule has 0 saturated carbocycles. The van der Waals surface area contributed by atoms with Crippen LogP contribution in [-0.2, 0) is 32.1 Å². The number of likely N-dealkylation sites (N-methyl/N-ethyl adjacent to an activating group) is 1. The van der Waals surface area contributed by atoms with Crippen LogP contribution in [0.2, 0.25) is 0 Å². The second-order valence-electron chi connectivity index (χ2n) is 11.6. The van der Waals surface area contributed by atoms with Crippen LogP contribution >= 0.6 is 0 Å². The van der Waals surface area contributed by atoms with Gasteiger partial charge in [0.2, 0.25) is 23.6 Å². The first-order chi connectivity index (χ1) is 22.6. The molecule has 0 aromatic heterocycles. The number of rotatable bonds is 22. The molecule has 2 aromatic rings. The van der Waals surface area contributed by atoms with Gasteiger partial charge in [-0.3, -0.25) is 24.2 Å². The normalized spacial score (nSPS) is 12.7. The zero-order valence-corrected chi connectivity index (χ0v) is 27.5. The van der Waals surface area contributed by atoms with Gasteiger partial charge in [0.1, 0.15) is 18.1 Å². The fraction of sp³-hybridized carbons (Fsp3) is 0.500. The lowest BCUT2D eigenvalue weighted by Gasteiger charge is -2.28. The van der Waals surface area contributed by atoms with Crippen molar-refractivity contribution in [3.8, 4) is 0 Å². The third kappa shape index (κ3) is 15.6. The molecular formula is C34H53N9O4. The highest BCUT2D eigenvalue weighted by atomic mass is 16.2. The molecule has 47 heavy (non-hydrogen) atoms. The van der Waals surface area contributed by atoms with Gasteiger partial charge < -0.3 is 43.8 Å². The van der Waals surface area contributed by atoms with Crippen LogP contribution in [0, 0.1) is 0 Å². The molecule has 0 aliphatic rings. The first-order valence-electron chi connectivity index (χ1n) is 16.3. The topological polar surface area (TPSA) is 224 Å². The van der Waals surface area contributed by atoms with Crippen LogP contribution in [0.25, 0.3) is 0 Å². The zero-order valence-electron chi connectivity index (χ0n) is 27.5. The molecule has 13 nitrogen and oxygen atoms in total. The second kappa shape index (κ2) is 22.1. The average Bonchev–Trinajstić information content (AvgIpc) is 3.05. The van der Waals surface area contributed by atoms with Gasteiger partial charge in [0.15, 0.2) is 5.96 Å². The number of amides is 4. The number of unbranched alkanes of at least 4 members (excludes halogenated alkanes) is 2. The number of nitrogens with zero attached hydrogens (tertiary/aromatic N) is 2. The third-order valence-electron chi connectivity index (χ3n) is 7.58. The van der Waals surface area contributed by atoms with E-state index in [1.807, 2.05) is 60.7 Å². The Morgan fingerprint density at radius 1 is 0.681 bits per heavy atom. The third-order valence-corrected chi connectivity index (χ3v) is 7.58. The number of carbonyl (C=O) groups is 4. The first kappa shape index (κ1) is 38.7. The summed E-state index contributed by atoms with van der Waals surface area (Å²) in [7, 11) is 1.68. The molecular weight excluding hydrogens is 598 g/mol. The van der Waals surface area contributed by atoms with Crippen molar-refractivity contribution in [2.45, 2.75) is 82.5 Å². The molecule has 0 saturated heterocycles. The monoisotopic (exact) mass is 651 g/mol. The Morgan fingerprint density at radius 2 is 1.17 bits per heavy atom. The number of carbonyl (C=O) groups excluding carboxylic acids is 4. The quantitative estimate of drug-likeness (QED) is 0.0542. The van der Waals surface area contributed by atoms with Crippen molar-refractivity contribution < 1.29 is 19.2 Å². The summed E-state index contributed by atoms with van der Waals surface area (Å²) in [4.78, 5) is 59.4. The minimum Gasteiger partial charge on any atom is -0.370 e. The summed E-state index contributed by atoms with van der Waals surface area (Å²) in [6.45, 7) is 1.52. The molecule has 0 aliphatic carbocycles. The predicted octanol–water partition coefficient (Wildman–Crippen LogP) is 0.654. The fourth-order valence-corrected chi connectivity index (χ4v) is 5.06. The molecule has 0 aliphatic heterocycles. The minimum absolute atomic E-state index is 0.0577. The van der Waals surface area contributed by atoms with Crippen molar-refractivity contribution in [2.24, 2.45) is 27.9 Å². The summed E-state index contributed by atoms with van der Waals surface area (Å²) in [5.41, 5.74) is 24.1. The van der Waals surface area contributed by atoms with E-state index in [-0.39, 0.29) is 37.2 Å². The van der Waals surface area contributed by atoms with Crippen molar-refractivity contribution in [3.63, 3.8) is 0 Å². The van der Waals surface area contributed by atoms with E-state index < -0.39 is 29.9 Å². The van der Waals surface area contributed by atoms with Crippen LogP contribution < -0.4 is 38.9 Å². The van der Waals surface area contributed by atoms with Crippen molar-refractivity contribution in [3.05, 3.63) is 71.8 Å². The Kier molecular flexibility index (Phi) is 18.2. The zero-order chi connectivity index (χ0) is 34.4. The van der Waals surface area contributed by atoms with E-state index in [1.54, 1.807) is 11.9 Å². The number of nitrogens with one attached hydrogen (secondary N) is 3. The molecule has 4 amide bonds. The van der Waals surface area contributed by atoms with E-state index in [0.717, 1.165) is 11.1 Å². The lowest BCUT2D eigenvalue weighted by atomic mass is 10.0. The Bertz CT molecular complexity index is 1260. The van der Waals surface area contributed by atoms with Crippen LogP contribution in [0.5, 0.6) is 0 Å². The Morgan fingerprint density at radius 3 is 1.70 bits per heavy atom. The number of hydrogen-bond acceptors (Lipinski definition) is 7. The highest BCUT2D eigenvalue weighted by molar-refractivity contribution is 5.94. The van der Waals surface area contributed by atoms with Crippen molar-refractivity contribution in [2.75, 3.05) is 26.7 Å². The maximum absolute atomic E-state index is 13.8. The molecule has 0 bridgehead atoms. The molecule has 0 spiro atoms. The largest absolute Gasteiger partial charge is 0.370 e. The van der Waals surface area contributed by atoms with E-state index in [1.165, 1.54) is 0 Å². The maximum atomic E-state index is 13.8. The molecule has 2 aromatic carbocycles. The lowest BCUT2D eigenvalue weighted by molar-refractivity contribution is -0.137. The van der Waals surface area contributed by atoms with Gasteiger partial charge in [0.05, 0.1) is 6.42 Å². The number of hydrogen-bond donors (Lipinski definition) is 7. The second-order valence-corrected chi connectivity index (χ2v) is 11.6. The average molecular weight is 652 g/mol. The predicted molar refractivity (Wildman–Crippen MR) is 185 cm³/mol. The summed E-state index contributed by atoms with van der Waals surface area (Å²) in [5, 5.41) is 8.57. The molecule has 0 radical (unpaired) electrons. The molecule has 3 atom stereocenters.